The van der Waals surface area contributed by atoms with Gasteiger partial charge in [0.1, 0.15) is 5.75 Å². The van der Waals surface area contributed by atoms with Gasteiger partial charge < -0.3 is 13.3 Å². The standard InChI is InChI=1S/C8H9NO2.Ca.2H/c1-6(10)9-7-4-2-3-5-8(7)11;;;/h2-5,11H,1H3,(H,9,10);;;/q;+2;2*-1. The van der Waals surface area contributed by atoms with Gasteiger partial charge in [0.05, 0.1) is 5.69 Å². The van der Waals surface area contributed by atoms with E-state index in [0.29, 0.717) is 5.69 Å². The van der Waals surface area contributed by atoms with Gasteiger partial charge in [0.25, 0.3) is 0 Å². The Morgan fingerprint density at radius 3 is 2.58 bits per heavy atom. The van der Waals surface area contributed by atoms with Crippen molar-refractivity contribution in [2.24, 2.45) is 0 Å². The summed E-state index contributed by atoms with van der Waals surface area (Å²) in [6.45, 7) is 1.40. The number of phenolic OH excluding ortho intramolecular Hbond substituents is 1. The Morgan fingerprint density at radius 2 is 2.08 bits per heavy atom. The molecule has 1 aromatic carbocycles. The molecule has 0 unspecified atom stereocenters. The number of hydrogen-bond donors (Lipinski definition) is 2. The molecule has 2 N–H and O–H groups in total. The first kappa shape index (κ1) is 11.7. The van der Waals surface area contributed by atoms with Gasteiger partial charge >= 0.3 is 37.7 Å². The Labute approximate surface area is 104 Å². The van der Waals surface area contributed by atoms with E-state index >= 15 is 0 Å². The van der Waals surface area contributed by atoms with Crippen LogP contribution in [0.25, 0.3) is 0 Å². The maximum absolute atomic E-state index is 10.5. The van der Waals surface area contributed by atoms with Gasteiger partial charge in [-0.25, -0.2) is 0 Å². The van der Waals surface area contributed by atoms with Gasteiger partial charge in [-0.2, -0.15) is 0 Å². The molecule has 4 heteroatoms. The molecule has 1 amide bonds. The topological polar surface area (TPSA) is 49.3 Å². The molecule has 0 fully saturated rings. The second kappa shape index (κ2) is 5.40. The van der Waals surface area contributed by atoms with Gasteiger partial charge in [0.2, 0.25) is 5.91 Å². The van der Waals surface area contributed by atoms with E-state index in [0.717, 1.165) is 0 Å². The van der Waals surface area contributed by atoms with Crippen molar-refractivity contribution in [1.82, 2.24) is 0 Å². The van der Waals surface area contributed by atoms with Crippen LogP contribution in [0.5, 0.6) is 5.75 Å². The summed E-state index contributed by atoms with van der Waals surface area (Å²) in [4.78, 5) is 10.5. The fourth-order valence-corrected chi connectivity index (χ4v) is 0.769. The van der Waals surface area contributed by atoms with Crippen molar-refractivity contribution in [1.29, 1.82) is 0 Å². The van der Waals surface area contributed by atoms with Crippen molar-refractivity contribution in [3.8, 4) is 5.75 Å². The molecule has 62 valence electrons. The zero-order valence-electron chi connectivity index (χ0n) is 8.87. The Kier molecular flexibility index (Phi) is 5.29. The SMILES string of the molecule is CC(=O)Nc1ccccc1O.[Ca+2].[H-].[H-]. The van der Waals surface area contributed by atoms with Gasteiger partial charge in [-0.05, 0) is 12.1 Å². The quantitative estimate of drug-likeness (QED) is 0.520. The maximum Gasteiger partial charge on any atom is 2.00 e. The van der Waals surface area contributed by atoms with Crippen molar-refractivity contribution in [3.05, 3.63) is 24.3 Å². The number of amides is 1. The minimum absolute atomic E-state index is 0. The number of anilines is 1. The molecule has 0 aliphatic carbocycles. The molecule has 0 bridgehead atoms. The smallest absolute Gasteiger partial charge is 1.00 e. The van der Waals surface area contributed by atoms with E-state index < -0.39 is 0 Å². The largest absolute Gasteiger partial charge is 2.00 e. The number of nitrogens with one attached hydrogen (secondary N) is 1. The molecule has 0 spiro atoms. The van der Waals surface area contributed by atoms with E-state index in [1.807, 2.05) is 0 Å². The third kappa shape index (κ3) is 3.43. The number of carbonyl (C=O) groups excluding carboxylic acids is 1. The summed E-state index contributed by atoms with van der Waals surface area (Å²) in [6.07, 6.45) is 0. The third-order valence-corrected chi connectivity index (χ3v) is 1.21. The van der Waals surface area contributed by atoms with E-state index in [2.05, 4.69) is 5.32 Å². The van der Waals surface area contributed by atoms with Crippen LogP contribution in [0.3, 0.4) is 0 Å². The van der Waals surface area contributed by atoms with Crippen LogP contribution < -0.4 is 5.32 Å². The monoisotopic (exact) mass is 193 g/mol. The molecule has 12 heavy (non-hydrogen) atoms. The summed E-state index contributed by atoms with van der Waals surface area (Å²) in [6, 6.07) is 6.59. The van der Waals surface area contributed by atoms with Crippen molar-refractivity contribution in [3.63, 3.8) is 0 Å². The van der Waals surface area contributed by atoms with E-state index in [9.17, 15) is 4.79 Å². The second-order valence-electron chi connectivity index (χ2n) is 2.20. The number of phenols is 1. The molecule has 1 rings (SSSR count). The summed E-state index contributed by atoms with van der Waals surface area (Å²) in [5.74, 6) is -0.103. The van der Waals surface area contributed by atoms with Gasteiger partial charge in [0.15, 0.2) is 0 Å². The van der Waals surface area contributed by atoms with Crippen LogP contribution in [0.4, 0.5) is 5.69 Å². The first-order chi connectivity index (χ1) is 5.20. The second-order valence-corrected chi connectivity index (χ2v) is 2.20. The minimum atomic E-state index is -0.188. The Hall–Kier alpha value is -0.250. The normalized spacial score (nSPS) is 8.42. The molecule has 0 aliphatic rings. The van der Waals surface area contributed by atoms with Crippen LogP contribution in [-0.4, -0.2) is 48.8 Å². The number of benzene rings is 1. The molecular weight excluding hydrogens is 182 g/mol. The van der Waals surface area contributed by atoms with E-state index in [4.69, 9.17) is 5.11 Å². The molecule has 1 aromatic rings. The van der Waals surface area contributed by atoms with Gasteiger partial charge in [-0.1, -0.05) is 12.1 Å². The average Bonchev–Trinajstić information content (AvgIpc) is 1.93. The summed E-state index contributed by atoms with van der Waals surface area (Å²) in [7, 11) is 0. The number of rotatable bonds is 1. The van der Waals surface area contributed by atoms with Gasteiger partial charge in [-0.15, -0.1) is 0 Å². The molecule has 0 heterocycles. The van der Waals surface area contributed by atoms with Crippen LogP contribution in [0.2, 0.25) is 0 Å². The fraction of sp³-hybridized carbons (Fsp3) is 0.125. The maximum atomic E-state index is 10.5. The van der Waals surface area contributed by atoms with Crippen molar-refractivity contribution >= 4 is 49.3 Å². The molecule has 0 atom stereocenters. The van der Waals surface area contributed by atoms with Crippen LogP contribution in [0, 0.1) is 0 Å². The minimum Gasteiger partial charge on any atom is -1.00 e. The molecule has 0 aliphatic heterocycles. The third-order valence-electron chi connectivity index (χ3n) is 1.21. The molecule has 0 saturated carbocycles. The van der Waals surface area contributed by atoms with Crippen LogP contribution in [0.1, 0.15) is 9.78 Å². The molecule has 0 aromatic heterocycles. The zero-order chi connectivity index (χ0) is 8.27. The molecule has 3 nitrogen and oxygen atoms in total. The molecule has 0 saturated heterocycles. The Bertz CT molecular complexity index is 284. The van der Waals surface area contributed by atoms with Crippen LogP contribution >= 0.6 is 0 Å². The summed E-state index contributed by atoms with van der Waals surface area (Å²) in [5.41, 5.74) is 0.444. The first-order valence-corrected chi connectivity index (χ1v) is 3.26. The van der Waals surface area contributed by atoms with Crippen molar-refractivity contribution in [2.75, 3.05) is 5.32 Å². The summed E-state index contributed by atoms with van der Waals surface area (Å²) in [5, 5.41) is 11.6. The number of carbonyl (C=O) groups is 1. The van der Waals surface area contributed by atoms with E-state index in [-0.39, 0.29) is 52.2 Å². The summed E-state index contributed by atoms with van der Waals surface area (Å²) >= 11 is 0. The van der Waals surface area contributed by atoms with Gasteiger partial charge in [0, 0.05) is 6.92 Å². The van der Waals surface area contributed by atoms with Crippen molar-refractivity contribution in [2.45, 2.75) is 6.92 Å². The first-order valence-electron chi connectivity index (χ1n) is 3.26. The zero-order valence-corrected chi connectivity index (χ0v) is 9.08. The van der Waals surface area contributed by atoms with E-state index in [1.54, 1.807) is 18.2 Å². The summed E-state index contributed by atoms with van der Waals surface area (Å²) < 4.78 is 0. The van der Waals surface area contributed by atoms with Crippen LogP contribution in [0.15, 0.2) is 24.3 Å². The number of hydrogen-bond acceptors (Lipinski definition) is 2. The fourth-order valence-electron chi connectivity index (χ4n) is 0.769. The predicted molar refractivity (Wildman–Crippen MR) is 50.4 cm³/mol. The average molecular weight is 193 g/mol. The Balaban J connectivity index is -0.000000403. The number of aromatic hydroxyl groups is 1. The number of para-hydroxylation sites is 2. The Morgan fingerprint density at radius 1 is 1.50 bits per heavy atom. The molecule has 0 radical (unpaired) electrons. The van der Waals surface area contributed by atoms with Crippen LogP contribution in [-0.2, 0) is 4.79 Å². The van der Waals surface area contributed by atoms with Crippen molar-refractivity contribution < 1.29 is 12.8 Å². The van der Waals surface area contributed by atoms with E-state index in [1.165, 1.54) is 13.0 Å². The van der Waals surface area contributed by atoms with Gasteiger partial charge in [-0.3, -0.25) is 4.79 Å². The predicted octanol–water partition coefficient (Wildman–Crippen LogP) is 1.19. The molecular formula is C8H11CaNO2.